The number of halogens is 1. The lowest BCUT2D eigenvalue weighted by Gasteiger charge is -2.29. The van der Waals surface area contributed by atoms with Crippen molar-refractivity contribution >= 4 is 17.5 Å². The van der Waals surface area contributed by atoms with E-state index in [1.807, 2.05) is 0 Å². The highest BCUT2D eigenvalue weighted by molar-refractivity contribution is 6.30. The van der Waals surface area contributed by atoms with Crippen LogP contribution in [0, 0.1) is 0 Å². The third-order valence-corrected chi connectivity index (χ3v) is 2.95. The monoisotopic (exact) mass is 226 g/mol. The molecule has 0 aromatic carbocycles. The fourth-order valence-corrected chi connectivity index (χ4v) is 1.99. The summed E-state index contributed by atoms with van der Waals surface area (Å²) in [6.45, 7) is 0. The second kappa shape index (κ2) is 4.77. The molecule has 0 aliphatic heterocycles. The highest BCUT2D eigenvalue weighted by Crippen LogP contribution is 2.19. The van der Waals surface area contributed by atoms with Gasteiger partial charge in [0.15, 0.2) is 0 Å². The Bertz CT molecular complexity index is 314. The standard InChI is InChI=1S/C10H15ClN4/c11-7-5-13-10(14-6-7)15-9-4-2-1-3-8(9)12/h5-6,8-9H,1-4,12H2,(H,13,14,15)/t8-,9-/m0/s1. The predicted molar refractivity (Wildman–Crippen MR) is 60.9 cm³/mol. The summed E-state index contributed by atoms with van der Waals surface area (Å²) in [5, 5.41) is 3.80. The van der Waals surface area contributed by atoms with Crippen molar-refractivity contribution in [3.05, 3.63) is 17.4 Å². The molecule has 0 amide bonds. The summed E-state index contributed by atoms with van der Waals surface area (Å²) < 4.78 is 0. The van der Waals surface area contributed by atoms with Crippen LogP contribution >= 0.6 is 11.6 Å². The third kappa shape index (κ3) is 2.79. The zero-order valence-electron chi connectivity index (χ0n) is 8.49. The molecule has 82 valence electrons. The van der Waals surface area contributed by atoms with Crippen LogP contribution in [0.3, 0.4) is 0 Å². The molecule has 2 rings (SSSR count). The Kier molecular flexibility index (Phi) is 3.38. The minimum atomic E-state index is 0.207. The van der Waals surface area contributed by atoms with Crippen molar-refractivity contribution in [1.29, 1.82) is 0 Å². The van der Waals surface area contributed by atoms with Crippen molar-refractivity contribution < 1.29 is 0 Å². The largest absolute Gasteiger partial charge is 0.350 e. The lowest BCUT2D eigenvalue weighted by molar-refractivity contribution is 0.402. The number of nitrogens with one attached hydrogen (secondary N) is 1. The summed E-state index contributed by atoms with van der Waals surface area (Å²) in [6, 6.07) is 0.498. The number of aromatic nitrogens is 2. The van der Waals surface area contributed by atoms with E-state index in [-0.39, 0.29) is 6.04 Å². The second-order valence-electron chi connectivity index (χ2n) is 3.92. The van der Waals surface area contributed by atoms with E-state index in [2.05, 4.69) is 15.3 Å². The van der Waals surface area contributed by atoms with E-state index in [1.54, 1.807) is 12.4 Å². The zero-order valence-corrected chi connectivity index (χ0v) is 9.24. The number of nitrogens with two attached hydrogens (primary N) is 1. The first kappa shape index (κ1) is 10.6. The van der Waals surface area contributed by atoms with Gasteiger partial charge in [0, 0.05) is 12.1 Å². The average Bonchev–Trinajstić information content (AvgIpc) is 2.25. The van der Waals surface area contributed by atoms with Crippen LogP contribution < -0.4 is 11.1 Å². The molecular weight excluding hydrogens is 212 g/mol. The van der Waals surface area contributed by atoms with Crippen LogP contribution in [0.2, 0.25) is 5.02 Å². The Morgan fingerprint density at radius 1 is 1.27 bits per heavy atom. The Hall–Kier alpha value is -0.870. The molecule has 1 fully saturated rings. The summed E-state index contributed by atoms with van der Waals surface area (Å²) in [5.41, 5.74) is 6.01. The van der Waals surface area contributed by atoms with Crippen LogP contribution in [0.1, 0.15) is 25.7 Å². The first-order chi connectivity index (χ1) is 7.25. The lowest BCUT2D eigenvalue weighted by atomic mass is 9.91. The fourth-order valence-electron chi connectivity index (χ4n) is 1.89. The van der Waals surface area contributed by atoms with E-state index in [4.69, 9.17) is 17.3 Å². The summed E-state index contributed by atoms with van der Waals surface area (Å²) in [6.07, 6.45) is 7.79. The van der Waals surface area contributed by atoms with Gasteiger partial charge < -0.3 is 11.1 Å². The molecule has 1 saturated carbocycles. The molecule has 2 atom stereocenters. The van der Waals surface area contributed by atoms with Crippen molar-refractivity contribution in [2.45, 2.75) is 37.8 Å². The number of nitrogens with zero attached hydrogens (tertiary/aromatic N) is 2. The van der Waals surface area contributed by atoms with E-state index in [0.29, 0.717) is 17.0 Å². The highest BCUT2D eigenvalue weighted by atomic mass is 35.5. The molecule has 0 spiro atoms. The second-order valence-corrected chi connectivity index (χ2v) is 4.36. The van der Waals surface area contributed by atoms with Crippen LogP contribution in [-0.2, 0) is 0 Å². The van der Waals surface area contributed by atoms with Gasteiger partial charge in [-0.15, -0.1) is 0 Å². The quantitative estimate of drug-likeness (QED) is 0.808. The van der Waals surface area contributed by atoms with Crippen LogP contribution in [0.5, 0.6) is 0 Å². The summed E-state index contributed by atoms with van der Waals surface area (Å²) in [7, 11) is 0. The maximum Gasteiger partial charge on any atom is 0.222 e. The smallest absolute Gasteiger partial charge is 0.222 e. The molecule has 3 N–H and O–H groups in total. The molecule has 1 aromatic rings. The SMILES string of the molecule is N[C@H]1CCCC[C@@H]1Nc1ncc(Cl)cn1. The van der Waals surface area contributed by atoms with Gasteiger partial charge in [0.2, 0.25) is 5.95 Å². The Morgan fingerprint density at radius 2 is 1.93 bits per heavy atom. The Balaban J connectivity index is 1.98. The van der Waals surface area contributed by atoms with Crippen LogP contribution in [0.25, 0.3) is 0 Å². The summed E-state index contributed by atoms with van der Waals surface area (Å²) in [5.74, 6) is 0.613. The van der Waals surface area contributed by atoms with E-state index >= 15 is 0 Å². The van der Waals surface area contributed by atoms with E-state index < -0.39 is 0 Å². The zero-order chi connectivity index (χ0) is 10.7. The van der Waals surface area contributed by atoms with Gasteiger partial charge in [-0.2, -0.15) is 0 Å². The molecule has 1 aliphatic carbocycles. The first-order valence-electron chi connectivity index (χ1n) is 5.25. The van der Waals surface area contributed by atoms with Crippen LogP contribution in [-0.4, -0.2) is 22.1 Å². The van der Waals surface area contributed by atoms with Crippen LogP contribution in [0.15, 0.2) is 12.4 Å². The Morgan fingerprint density at radius 3 is 2.60 bits per heavy atom. The van der Waals surface area contributed by atoms with E-state index in [0.717, 1.165) is 12.8 Å². The van der Waals surface area contributed by atoms with Crippen LogP contribution in [0.4, 0.5) is 5.95 Å². The molecule has 0 radical (unpaired) electrons. The van der Waals surface area contributed by atoms with Gasteiger partial charge in [-0.25, -0.2) is 9.97 Å². The van der Waals surface area contributed by atoms with Crippen molar-refractivity contribution in [2.24, 2.45) is 5.73 Å². The van der Waals surface area contributed by atoms with Gasteiger partial charge in [0.25, 0.3) is 0 Å². The molecular formula is C10H15ClN4. The van der Waals surface area contributed by atoms with E-state index in [9.17, 15) is 0 Å². The Labute approximate surface area is 94.2 Å². The molecule has 1 heterocycles. The molecule has 0 bridgehead atoms. The summed E-state index contributed by atoms with van der Waals surface area (Å²) >= 11 is 5.71. The number of rotatable bonds is 2. The van der Waals surface area contributed by atoms with Crippen molar-refractivity contribution in [2.75, 3.05) is 5.32 Å². The van der Waals surface area contributed by atoms with Crippen molar-refractivity contribution in [3.8, 4) is 0 Å². The van der Waals surface area contributed by atoms with Gasteiger partial charge in [0.1, 0.15) is 0 Å². The normalized spacial score (nSPS) is 26.3. The van der Waals surface area contributed by atoms with Gasteiger partial charge in [-0.1, -0.05) is 24.4 Å². The number of hydrogen-bond acceptors (Lipinski definition) is 4. The minimum absolute atomic E-state index is 0.207. The maximum atomic E-state index is 6.01. The molecule has 1 aliphatic rings. The lowest BCUT2D eigenvalue weighted by Crippen LogP contribution is -2.42. The molecule has 5 heteroatoms. The topological polar surface area (TPSA) is 63.8 Å². The van der Waals surface area contributed by atoms with Gasteiger partial charge in [0.05, 0.1) is 17.4 Å². The van der Waals surface area contributed by atoms with Crippen molar-refractivity contribution in [1.82, 2.24) is 9.97 Å². The molecule has 0 saturated heterocycles. The fraction of sp³-hybridized carbons (Fsp3) is 0.600. The van der Waals surface area contributed by atoms with Gasteiger partial charge in [-0.05, 0) is 12.8 Å². The van der Waals surface area contributed by atoms with Gasteiger partial charge in [-0.3, -0.25) is 0 Å². The summed E-state index contributed by atoms with van der Waals surface area (Å²) in [4.78, 5) is 8.19. The molecule has 1 aromatic heterocycles. The first-order valence-corrected chi connectivity index (χ1v) is 5.63. The number of anilines is 1. The van der Waals surface area contributed by atoms with Crippen molar-refractivity contribution in [3.63, 3.8) is 0 Å². The predicted octanol–water partition coefficient (Wildman–Crippen LogP) is 1.81. The molecule has 4 nitrogen and oxygen atoms in total. The molecule has 15 heavy (non-hydrogen) atoms. The number of hydrogen-bond donors (Lipinski definition) is 2. The van der Waals surface area contributed by atoms with Gasteiger partial charge >= 0.3 is 0 Å². The highest BCUT2D eigenvalue weighted by Gasteiger charge is 2.21. The minimum Gasteiger partial charge on any atom is -0.350 e. The average molecular weight is 227 g/mol. The maximum absolute atomic E-state index is 6.01. The third-order valence-electron chi connectivity index (χ3n) is 2.75. The molecule has 0 unspecified atom stereocenters. The van der Waals surface area contributed by atoms with E-state index in [1.165, 1.54) is 12.8 Å².